The quantitative estimate of drug-likeness (QED) is 0.846. The highest BCUT2D eigenvalue weighted by Gasteiger charge is 2.23. The van der Waals surface area contributed by atoms with E-state index >= 15 is 0 Å². The van der Waals surface area contributed by atoms with E-state index in [0.29, 0.717) is 18.2 Å². The Hall–Kier alpha value is -1.52. The molecule has 1 aliphatic heterocycles. The van der Waals surface area contributed by atoms with Crippen molar-refractivity contribution in [3.63, 3.8) is 0 Å². The highest BCUT2D eigenvalue weighted by atomic mass is 35.5. The predicted octanol–water partition coefficient (Wildman–Crippen LogP) is 2.11. The first kappa shape index (κ1) is 16.5. The number of likely N-dealkylation sites (N-methyl/N-ethyl adjacent to an activating group) is 1. The average molecular weight is 297 g/mol. The number of amides is 1. The predicted molar refractivity (Wildman–Crippen MR) is 82.8 cm³/mol. The first-order valence-electron chi connectivity index (χ1n) is 6.54. The lowest BCUT2D eigenvalue weighted by Gasteiger charge is -2.23. The summed E-state index contributed by atoms with van der Waals surface area (Å²) in [5, 5.41) is 3.27. The summed E-state index contributed by atoms with van der Waals surface area (Å²) >= 11 is 0. The first-order chi connectivity index (χ1) is 9.22. The molecule has 1 saturated heterocycles. The van der Waals surface area contributed by atoms with Crippen molar-refractivity contribution in [3.8, 4) is 5.75 Å². The Morgan fingerprint density at radius 2 is 2.20 bits per heavy atom. The fourth-order valence-electron chi connectivity index (χ4n) is 2.19. The highest BCUT2D eigenvalue weighted by molar-refractivity contribution is 5.94. The summed E-state index contributed by atoms with van der Waals surface area (Å²) in [5.74, 6) is 0.811. The van der Waals surface area contributed by atoms with Crippen LogP contribution in [-0.4, -0.2) is 43.6 Å². The van der Waals surface area contributed by atoms with Gasteiger partial charge in [-0.2, -0.15) is 0 Å². The first-order valence-corrected chi connectivity index (χ1v) is 6.54. The van der Waals surface area contributed by atoms with Gasteiger partial charge in [0.05, 0.1) is 0 Å². The second-order valence-electron chi connectivity index (χ2n) is 4.69. The number of ether oxygens (including phenoxy) is 1. The normalized spacial score (nSPS) is 17.1. The Labute approximate surface area is 126 Å². The number of carbonyl (C=O) groups is 1. The minimum Gasteiger partial charge on any atom is -0.490 e. The molecule has 4 nitrogen and oxygen atoms in total. The Morgan fingerprint density at radius 1 is 1.50 bits per heavy atom. The van der Waals surface area contributed by atoms with Crippen LogP contribution < -0.4 is 10.1 Å². The Kier molecular flexibility index (Phi) is 6.55. The van der Waals surface area contributed by atoms with Gasteiger partial charge in [0.15, 0.2) is 0 Å². The number of nitrogens with one attached hydrogen (secondary N) is 1. The molecule has 2 rings (SSSR count). The number of halogens is 1. The molecule has 1 amide bonds. The van der Waals surface area contributed by atoms with Gasteiger partial charge >= 0.3 is 0 Å². The second-order valence-corrected chi connectivity index (χ2v) is 4.69. The number of nitrogens with zero attached hydrogens (tertiary/aromatic N) is 1. The van der Waals surface area contributed by atoms with Gasteiger partial charge in [0.25, 0.3) is 5.91 Å². The average Bonchev–Trinajstić information content (AvgIpc) is 2.98. The zero-order chi connectivity index (χ0) is 13.7. The van der Waals surface area contributed by atoms with Crippen LogP contribution in [0, 0.1) is 0 Å². The number of hydrogen-bond acceptors (Lipinski definition) is 3. The molecule has 1 atom stereocenters. The zero-order valence-corrected chi connectivity index (χ0v) is 12.5. The Bertz CT molecular complexity index is 442. The third kappa shape index (κ3) is 3.99. The number of rotatable bonds is 5. The molecule has 1 heterocycles. The van der Waals surface area contributed by atoms with Crippen molar-refractivity contribution in [1.82, 2.24) is 10.2 Å². The van der Waals surface area contributed by atoms with Crippen LogP contribution in [0.1, 0.15) is 16.8 Å². The van der Waals surface area contributed by atoms with Crippen molar-refractivity contribution >= 4 is 18.3 Å². The van der Waals surface area contributed by atoms with Crippen molar-refractivity contribution in [2.45, 2.75) is 12.5 Å². The molecule has 1 N–H and O–H groups in total. The molecule has 1 aliphatic rings. The van der Waals surface area contributed by atoms with Crippen molar-refractivity contribution in [2.75, 3.05) is 26.7 Å². The van der Waals surface area contributed by atoms with E-state index in [1.807, 2.05) is 24.1 Å². The molecule has 1 fully saturated rings. The molecule has 1 aromatic carbocycles. The lowest BCUT2D eigenvalue weighted by molar-refractivity contribution is 0.0744. The number of benzene rings is 1. The summed E-state index contributed by atoms with van der Waals surface area (Å²) in [6.07, 6.45) is 2.71. The third-order valence-electron chi connectivity index (χ3n) is 3.37. The molecule has 0 spiro atoms. The van der Waals surface area contributed by atoms with Crippen LogP contribution in [0.25, 0.3) is 0 Å². The second kappa shape index (κ2) is 7.92. The summed E-state index contributed by atoms with van der Waals surface area (Å²) in [6.45, 7) is 5.93. The van der Waals surface area contributed by atoms with Crippen molar-refractivity contribution in [1.29, 1.82) is 0 Å². The largest absolute Gasteiger partial charge is 0.490 e. The molecule has 0 saturated carbocycles. The topological polar surface area (TPSA) is 41.6 Å². The van der Waals surface area contributed by atoms with Gasteiger partial charge in [-0.15, -0.1) is 12.4 Å². The molecule has 1 aromatic rings. The molecule has 0 aliphatic carbocycles. The van der Waals surface area contributed by atoms with Crippen LogP contribution >= 0.6 is 12.4 Å². The third-order valence-corrected chi connectivity index (χ3v) is 3.37. The monoisotopic (exact) mass is 296 g/mol. The van der Waals surface area contributed by atoms with Crippen molar-refractivity contribution in [3.05, 3.63) is 42.5 Å². The standard InChI is InChI=1S/C15H20N2O2.ClH/c1-3-10-19-14-6-4-12(5-7-14)15(18)17(2)13-8-9-16-11-13;/h3-7,13,16H,1,8-11H2,2H3;1H. The zero-order valence-electron chi connectivity index (χ0n) is 11.7. The Morgan fingerprint density at radius 3 is 2.75 bits per heavy atom. The molecule has 5 heteroatoms. The van der Waals surface area contributed by atoms with Crippen LogP contribution in [0.4, 0.5) is 0 Å². The molecule has 0 radical (unpaired) electrons. The van der Waals surface area contributed by atoms with Crippen molar-refractivity contribution < 1.29 is 9.53 Å². The van der Waals surface area contributed by atoms with Gasteiger partial charge in [0, 0.05) is 25.2 Å². The van der Waals surface area contributed by atoms with Gasteiger partial charge in [0.2, 0.25) is 0 Å². The minimum absolute atomic E-state index is 0. The van der Waals surface area contributed by atoms with Gasteiger partial charge in [-0.25, -0.2) is 0 Å². The number of hydrogen-bond donors (Lipinski definition) is 1. The van der Waals surface area contributed by atoms with E-state index in [2.05, 4.69) is 11.9 Å². The van der Waals surface area contributed by atoms with E-state index in [9.17, 15) is 4.79 Å². The van der Waals surface area contributed by atoms with Gasteiger partial charge in [-0.1, -0.05) is 12.7 Å². The summed E-state index contributed by atoms with van der Waals surface area (Å²) in [7, 11) is 1.86. The lowest BCUT2D eigenvalue weighted by Crippen LogP contribution is -2.38. The summed E-state index contributed by atoms with van der Waals surface area (Å²) < 4.78 is 5.40. The smallest absolute Gasteiger partial charge is 0.253 e. The minimum atomic E-state index is 0. The van der Waals surface area contributed by atoms with Crippen LogP contribution in [0.3, 0.4) is 0 Å². The maximum absolute atomic E-state index is 12.3. The van der Waals surface area contributed by atoms with Crippen LogP contribution in [0.5, 0.6) is 5.75 Å². The highest BCUT2D eigenvalue weighted by Crippen LogP contribution is 2.15. The maximum Gasteiger partial charge on any atom is 0.253 e. The SMILES string of the molecule is C=CCOc1ccc(C(=O)N(C)C2CCNC2)cc1.Cl. The fraction of sp³-hybridized carbons (Fsp3) is 0.400. The van der Waals surface area contributed by atoms with Crippen LogP contribution in [0.15, 0.2) is 36.9 Å². The van der Waals surface area contributed by atoms with E-state index in [0.717, 1.165) is 25.3 Å². The fourth-order valence-corrected chi connectivity index (χ4v) is 2.19. The van der Waals surface area contributed by atoms with E-state index < -0.39 is 0 Å². The van der Waals surface area contributed by atoms with Gasteiger partial charge in [0.1, 0.15) is 12.4 Å². The van der Waals surface area contributed by atoms with Crippen molar-refractivity contribution in [2.24, 2.45) is 0 Å². The summed E-state index contributed by atoms with van der Waals surface area (Å²) in [6, 6.07) is 7.54. The summed E-state index contributed by atoms with van der Waals surface area (Å²) in [4.78, 5) is 14.1. The van der Waals surface area contributed by atoms with E-state index in [1.54, 1.807) is 18.2 Å². The van der Waals surface area contributed by atoms with Crippen LogP contribution in [-0.2, 0) is 0 Å². The maximum atomic E-state index is 12.3. The van der Waals surface area contributed by atoms with E-state index in [4.69, 9.17) is 4.74 Å². The lowest BCUT2D eigenvalue weighted by atomic mass is 10.1. The van der Waals surface area contributed by atoms with Gasteiger partial charge in [-0.05, 0) is 37.2 Å². The van der Waals surface area contributed by atoms with Gasteiger partial charge < -0.3 is 15.0 Å². The molecular formula is C15H21ClN2O2. The molecule has 1 unspecified atom stereocenters. The van der Waals surface area contributed by atoms with E-state index in [-0.39, 0.29) is 18.3 Å². The molecule has 20 heavy (non-hydrogen) atoms. The van der Waals surface area contributed by atoms with E-state index in [1.165, 1.54) is 0 Å². The number of carbonyl (C=O) groups excluding carboxylic acids is 1. The Balaban J connectivity index is 0.00000200. The molecule has 110 valence electrons. The molecule has 0 bridgehead atoms. The van der Waals surface area contributed by atoms with Crippen LogP contribution in [0.2, 0.25) is 0 Å². The molecular weight excluding hydrogens is 276 g/mol. The molecule has 0 aromatic heterocycles. The van der Waals surface area contributed by atoms with Gasteiger partial charge in [-0.3, -0.25) is 4.79 Å². The summed E-state index contributed by atoms with van der Waals surface area (Å²) in [5.41, 5.74) is 0.695.